The van der Waals surface area contributed by atoms with Gasteiger partial charge in [0.05, 0.1) is 5.56 Å². The largest absolute Gasteiger partial charge is 0.363 e. The molecule has 6 heteroatoms. The van der Waals surface area contributed by atoms with Crippen LogP contribution in [0.5, 0.6) is 0 Å². The highest BCUT2D eigenvalue weighted by molar-refractivity contribution is 14.1. The van der Waals surface area contributed by atoms with Crippen LogP contribution in [-0.2, 0) is 6.54 Å². The molecule has 0 bridgehead atoms. The zero-order valence-corrected chi connectivity index (χ0v) is 14.6. The monoisotopic (exact) mass is 415 g/mol. The van der Waals surface area contributed by atoms with Crippen molar-refractivity contribution in [2.75, 3.05) is 19.0 Å². The third-order valence-corrected chi connectivity index (χ3v) is 4.02. The lowest BCUT2D eigenvalue weighted by Crippen LogP contribution is -2.23. The summed E-state index contributed by atoms with van der Waals surface area (Å²) < 4.78 is 0.832. The zero-order valence-electron chi connectivity index (χ0n) is 11.7. The van der Waals surface area contributed by atoms with Gasteiger partial charge in [-0.1, -0.05) is 17.7 Å². The normalized spacial score (nSPS) is 10.3. The van der Waals surface area contributed by atoms with Gasteiger partial charge in [0.2, 0.25) is 0 Å². The fraction of sp³-hybridized carbons (Fsp3) is 0.200. The molecule has 21 heavy (non-hydrogen) atoms. The molecule has 0 saturated heterocycles. The maximum atomic E-state index is 12.1. The maximum Gasteiger partial charge on any atom is 0.252 e. The highest BCUT2D eigenvalue weighted by atomic mass is 127. The molecule has 2 rings (SSSR count). The second-order valence-corrected chi connectivity index (χ2v) is 6.32. The van der Waals surface area contributed by atoms with Gasteiger partial charge in [0.1, 0.15) is 5.82 Å². The maximum absolute atomic E-state index is 12.1. The molecule has 1 N–H and O–H groups in total. The molecule has 0 atom stereocenters. The van der Waals surface area contributed by atoms with Crippen LogP contribution in [0.15, 0.2) is 36.5 Å². The Hall–Kier alpha value is -1.34. The quantitative estimate of drug-likeness (QED) is 0.779. The summed E-state index contributed by atoms with van der Waals surface area (Å²) in [5.74, 6) is 0.769. The van der Waals surface area contributed by atoms with Crippen LogP contribution in [0, 0.1) is 3.57 Å². The number of hydrogen-bond acceptors (Lipinski definition) is 3. The van der Waals surface area contributed by atoms with E-state index in [0.29, 0.717) is 17.1 Å². The molecule has 0 saturated carbocycles. The van der Waals surface area contributed by atoms with E-state index in [9.17, 15) is 4.79 Å². The number of pyridine rings is 1. The van der Waals surface area contributed by atoms with Crippen molar-refractivity contribution in [3.63, 3.8) is 0 Å². The van der Waals surface area contributed by atoms with Crippen molar-refractivity contribution < 1.29 is 4.79 Å². The molecular formula is C15H15ClIN3O. The first-order valence-electron chi connectivity index (χ1n) is 6.33. The van der Waals surface area contributed by atoms with Crippen molar-refractivity contribution in [1.82, 2.24) is 10.3 Å². The number of anilines is 1. The van der Waals surface area contributed by atoms with Crippen molar-refractivity contribution >= 4 is 45.9 Å². The molecule has 1 heterocycles. The number of aromatic nitrogens is 1. The first-order valence-corrected chi connectivity index (χ1v) is 7.78. The van der Waals surface area contributed by atoms with E-state index < -0.39 is 0 Å². The molecular weight excluding hydrogens is 401 g/mol. The second kappa shape index (κ2) is 7.09. The number of rotatable bonds is 4. The third kappa shape index (κ3) is 4.31. The van der Waals surface area contributed by atoms with Gasteiger partial charge in [-0.3, -0.25) is 4.79 Å². The van der Waals surface area contributed by atoms with Crippen LogP contribution in [0.4, 0.5) is 5.82 Å². The Morgan fingerprint density at radius 1 is 1.33 bits per heavy atom. The summed E-state index contributed by atoms with van der Waals surface area (Å²) in [4.78, 5) is 18.4. The fourth-order valence-electron chi connectivity index (χ4n) is 1.74. The Morgan fingerprint density at radius 2 is 2.10 bits per heavy atom. The van der Waals surface area contributed by atoms with E-state index in [1.165, 1.54) is 0 Å². The van der Waals surface area contributed by atoms with Gasteiger partial charge in [-0.25, -0.2) is 4.98 Å². The molecule has 1 aromatic carbocycles. The Balaban J connectivity index is 2.00. The molecule has 0 unspecified atom stereocenters. The molecule has 0 spiro atoms. The minimum atomic E-state index is -0.118. The lowest BCUT2D eigenvalue weighted by atomic mass is 10.2. The van der Waals surface area contributed by atoms with Crippen molar-refractivity contribution in [3.05, 3.63) is 56.2 Å². The smallest absolute Gasteiger partial charge is 0.252 e. The number of carbonyl (C=O) groups is 1. The summed E-state index contributed by atoms with van der Waals surface area (Å²) in [6.45, 7) is 0.443. The Labute approximate surface area is 142 Å². The average Bonchev–Trinajstić information content (AvgIpc) is 2.45. The van der Waals surface area contributed by atoms with E-state index in [1.54, 1.807) is 24.4 Å². The predicted molar refractivity (Wildman–Crippen MR) is 93.9 cm³/mol. The molecule has 1 aromatic heterocycles. The SMILES string of the molecule is CN(C)c1ccc(CNC(=O)c2ccc(Cl)cc2I)cn1. The van der Waals surface area contributed by atoms with E-state index in [4.69, 9.17) is 11.6 Å². The summed E-state index contributed by atoms with van der Waals surface area (Å²) in [5.41, 5.74) is 1.58. The van der Waals surface area contributed by atoms with Gasteiger partial charge in [0, 0.05) is 35.4 Å². The van der Waals surface area contributed by atoms with Crippen LogP contribution < -0.4 is 10.2 Å². The summed E-state index contributed by atoms with van der Waals surface area (Å²) in [6, 6.07) is 9.09. The first kappa shape index (κ1) is 16.0. The van der Waals surface area contributed by atoms with Crippen LogP contribution in [-0.4, -0.2) is 25.0 Å². The molecule has 0 fully saturated rings. The standard InChI is InChI=1S/C15H15ClIN3O/c1-20(2)14-6-3-10(8-18-14)9-19-15(21)12-5-4-11(16)7-13(12)17/h3-8H,9H2,1-2H3,(H,19,21). The number of nitrogens with one attached hydrogen (secondary N) is 1. The molecule has 4 nitrogen and oxygen atoms in total. The van der Waals surface area contributed by atoms with E-state index >= 15 is 0 Å². The Kier molecular flexibility index (Phi) is 5.41. The fourth-order valence-corrected chi connectivity index (χ4v) is 2.85. The van der Waals surface area contributed by atoms with Gasteiger partial charge in [0.25, 0.3) is 5.91 Å². The van der Waals surface area contributed by atoms with Gasteiger partial charge in [0.15, 0.2) is 0 Å². The van der Waals surface area contributed by atoms with Crippen molar-refractivity contribution in [2.45, 2.75) is 6.54 Å². The summed E-state index contributed by atoms with van der Waals surface area (Å²) in [5, 5.41) is 3.51. The molecule has 0 radical (unpaired) electrons. The number of halogens is 2. The van der Waals surface area contributed by atoms with Crippen molar-refractivity contribution in [2.24, 2.45) is 0 Å². The van der Waals surface area contributed by atoms with E-state index in [2.05, 4.69) is 32.9 Å². The molecule has 0 aliphatic carbocycles. The van der Waals surface area contributed by atoms with Crippen molar-refractivity contribution in [1.29, 1.82) is 0 Å². The van der Waals surface area contributed by atoms with Crippen molar-refractivity contribution in [3.8, 4) is 0 Å². The van der Waals surface area contributed by atoms with Crippen LogP contribution >= 0.6 is 34.2 Å². The first-order chi connectivity index (χ1) is 9.97. The minimum absolute atomic E-state index is 0.118. The summed E-state index contributed by atoms with van der Waals surface area (Å²) in [7, 11) is 3.87. The number of benzene rings is 1. The number of amides is 1. The third-order valence-electron chi connectivity index (χ3n) is 2.90. The van der Waals surface area contributed by atoms with Gasteiger partial charge in [-0.15, -0.1) is 0 Å². The van der Waals surface area contributed by atoms with Gasteiger partial charge in [-0.05, 0) is 52.4 Å². The zero-order chi connectivity index (χ0) is 15.4. The molecule has 110 valence electrons. The van der Waals surface area contributed by atoms with E-state index in [1.807, 2.05) is 31.1 Å². The topological polar surface area (TPSA) is 45.2 Å². The molecule has 0 aliphatic rings. The number of nitrogens with zero attached hydrogens (tertiary/aromatic N) is 2. The number of hydrogen-bond donors (Lipinski definition) is 1. The minimum Gasteiger partial charge on any atom is -0.363 e. The lowest BCUT2D eigenvalue weighted by Gasteiger charge is -2.11. The summed E-state index contributed by atoms with van der Waals surface area (Å²) in [6.07, 6.45) is 1.77. The Bertz CT molecular complexity index is 644. The van der Waals surface area contributed by atoms with Crippen LogP contribution in [0.1, 0.15) is 15.9 Å². The lowest BCUT2D eigenvalue weighted by molar-refractivity contribution is 0.0950. The van der Waals surface area contributed by atoms with Crippen LogP contribution in [0.3, 0.4) is 0 Å². The highest BCUT2D eigenvalue weighted by Crippen LogP contribution is 2.18. The van der Waals surface area contributed by atoms with E-state index in [0.717, 1.165) is 15.0 Å². The Morgan fingerprint density at radius 3 is 2.67 bits per heavy atom. The summed E-state index contributed by atoms with van der Waals surface area (Å²) >= 11 is 7.99. The highest BCUT2D eigenvalue weighted by Gasteiger charge is 2.10. The van der Waals surface area contributed by atoms with Gasteiger partial charge >= 0.3 is 0 Å². The van der Waals surface area contributed by atoms with Crippen LogP contribution in [0.25, 0.3) is 0 Å². The van der Waals surface area contributed by atoms with Crippen LogP contribution in [0.2, 0.25) is 5.02 Å². The number of carbonyl (C=O) groups excluding carboxylic acids is 1. The van der Waals surface area contributed by atoms with Gasteiger partial charge in [-0.2, -0.15) is 0 Å². The molecule has 0 aliphatic heterocycles. The molecule has 2 aromatic rings. The average molecular weight is 416 g/mol. The predicted octanol–water partition coefficient (Wildman–Crippen LogP) is 3.34. The molecule has 1 amide bonds. The van der Waals surface area contributed by atoms with Gasteiger partial charge < -0.3 is 10.2 Å². The van der Waals surface area contributed by atoms with E-state index in [-0.39, 0.29) is 5.91 Å². The second-order valence-electron chi connectivity index (χ2n) is 4.73.